The number of nitrogens with zero attached hydrogens (tertiary/aromatic N) is 1. The number of carboxylic acids is 1. The number of halogens is 3. The van der Waals surface area contributed by atoms with Gasteiger partial charge < -0.3 is 14.7 Å². The summed E-state index contributed by atoms with van der Waals surface area (Å²) in [6, 6.07) is 10.8. The van der Waals surface area contributed by atoms with E-state index in [1.807, 2.05) is 0 Å². The van der Waals surface area contributed by atoms with Gasteiger partial charge in [0.15, 0.2) is 0 Å². The molecule has 5 nitrogen and oxygen atoms in total. The van der Waals surface area contributed by atoms with E-state index in [9.17, 15) is 22.8 Å². The minimum atomic E-state index is -4.40. The van der Waals surface area contributed by atoms with Crippen molar-refractivity contribution in [2.75, 3.05) is 19.7 Å². The quantitative estimate of drug-likeness (QED) is 0.863. The Bertz CT molecular complexity index is 847. The van der Waals surface area contributed by atoms with Gasteiger partial charge in [-0.1, -0.05) is 24.3 Å². The number of amides is 1. The average molecular weight is 393 g/mol. The van der Waals surface area contributed by atoms with Crippen LogP contribution < -0.4 is 0 Å². The topological polar surface area (TPSA) is 66.8 Å². The Morgan fingerprint density at radius 1 is 1.07 bits per heavy atom. The molecule has 1 unspecified atom stereocenters. The zero-order valence-corrected chi connectivity index (χ0v) is 14.8. The molecule has 1 N–H and O–H groups in total. The van der Waals surface area contributed by atoms with Crippen LogP contribution >= 0.6 is 0 Å². The van der Waals surface area contributed by atoms with E-state index in [1.54, 1.807) is 17.0 Å². The van der Waals surface area contributed by atoms with Crippen LogP contribution in [-0.2, 0) is 22.1 Å². The molecule has 1 aliphatic rings. The molecule has 1 heterocycles. The second-order valence-electron chi connectivity index (χ2n) is 6.50. The maximum atomic E-state index is 12.7. The lowest BCUT2D eigenvalue weighted by atomic mass is 10.0. The summed E-state index contributed by atoms with van der Waals surface area (Å²) >= 11 is 0. The van der Waals surface area contributed by atoms with Crippen LogP contribution in [-0.4, -0.2) is 41.6 Å². The van der Waals surface area contributed by atoms with Crippen molar-refractivity contribution in [2.24, 2.45) is 0 Å². The van der Waals surface area contributed by atoms with Crippen LogP contribution in [0.2, 0.25) is 0 Å². The molecule has 2 aromatic carbocycles. The van der Waals surface area contributed by atoms with E-state index in [0.717, 1.165) is 12.1 Å². The largest absolute Gasteiger partial charge is 0.478 e. The Hall–Kier alpha value is -2.87. The molecule has 1 aliphatic heterocycles. The molecule has 0 bridgehead atoms. The maximum Gasteiger partial charge on any atom is 0.416 e. The third kappa shape index (κ3) is 4.69. The number of alkyl halides is 3. The fourth-order valence-corrected chi connectivity index (χ4v) is 3.02. The smallest absolute Gasteiger partial charge is 0.416 e. The minimum Gasteiger partial charge on any atom is -0.478 e. The van der Waals surface area contributed by atoms with Gasteiger partial charge in [0.25, 0.3) is 0 Å². The van der Waals surface area contributed by atoms with Crippen LogP contribution in [0.15, 0.2) is 48.5 Å². The first-order valence-corrected chi connectivity index (χ1v) is 8.63. The highest BCUT2D eigenvalue weighted by molar-refractivity contribution is 5.87. The number of carbonyl (C=O) groups excluding carboxylic acids is 1. The lowest BCUT2D eigenvalue weighted by molar-refractivity contribution is -0.138. The van der Waals surface area contributed by atoms with Crippen LogP contribution in [0.5, 0.6) is 0 Å². The Morgan fingerprint density at radius 3 is 2.29 bits per heavy atom. The van der Waals surface area contributed by atoms with Crippen LogP contribution in [0, 0.1) is 0 Å². The number of carbonyl (C=O) groups is 2. The summed E-state index contributed by atoms with van der Waals surface area (Å²) in [7, 11) is 0. The van der Waals surface area contributed by atoms with Gasteiger partial charge >= 0.3 is 12.1 Å². The summed E-state index contributed by atoms with van der Waals surface area (Å²) in [6.45, 7) is 0.927. The van der Waals surface area contributed by atoms with Crippen molar-refractivity contribution in [1.29, 1.82) is 0 Å². The number of carboxylic acid groups (broad SMARTS) is 1. The lowest BCUT2D eigenvalue weighted by Gasteiger charge is -2.33. The molecular formula is C20H18F3NO4. The molecule has 1 amide bonds. The molecule has 0 aliphatic carbocycles. The van der Waals surface area contributed by atoms with Gasteiger partial charge in [-0.2, -0.15) is 13.2 Å². The van der Waals surface area contributed by atoms with Crippen molar-refractivity contribution in [3.8, 4) is 0 Å². The standard InChI is InChI=1S/C20H18F3NO4/c21-20(22,23)16-7-5-14(6-8-16)17-12-24(9-10-28-17)18(25)11-13-1-3-15(4-2-13)19(26)27/h1-8,17H,9-12H2,(H,26,27). The first-order chi connectivity index (χ1) is 13.2. The first kappa shape index (κ1) is 19.9. The number of benzene rings is 2. The van der Waals surface area contributed by atoms with E-state index in [4.69, 9.17) is 9.84 Å². The van der Waals surface area contributed by atoms with Crippen molar-refractivity contribution in [2.45, 2.75) is 18.7 Å². The molecule has 0 radical (unpaired) electrons. The van der Waals surface area contributed by atoms with Crippen molar-refractivity contribution >= 4 is 11.9 Å². The van der Waals surface area contributed by atoms with E-state index in [1.165, 1.54) is 24.3 Å². The zero-order chi connectivity index (χ0) is 20.3. The molecule has 0 saturated carbocycles. The molecule has 8 heteroatoms. The summed E-state index contributed by atoms with van der Waals surface area (Å²) in [5.74, 6) is -1.19. The second-order valence-corrected chi connectivity index (χ2v) is 6.50. The fraction of sp³-hybridized carbons (Fsp3) is 0.300. The number of ether oxygens (including phenoxy) is 1. The van der Waals surface area contributed by atoms with Gasteiger partial charge in [0.2, 0.25) is 5.91 Å². The number of rotatable bonds is 4. The number of aromatic carboxylic acids is 1. The van der Waals surface area contributed by atoms with E-state index in [-0.39, 0.29) is 31.0 Å². The summed E-state index contributed by atoms with van der Waals surface area (Å²) in [4.78, 5) is 25.0. The van der Waals surface area contributed by atoms with Gasteiger partial charge in [-0.3, -0.25) is 4.79 Å². The molecule has 1 atom stereocenters. The van der Waals surface area contributed by atoms with E-state index in [2.05, 4.69) is 0 Å². The van der Waals surface area contributed by atoms with Crippen LogP contribution in [0.4, 0.5) is 13.2 Å². The van der Waals surface area contributed by atoms with Crippen LogP contribution in [0.25, 0.3) is 0 Å². The van der Waals surface area contributed by atoms with Gasteiger partial charge in [-0.05, 0) is 35.4 Å². The second kappa shape index (κ2) is 8.02. The Kier molecular flexibility index (Phi) is 5.69. The molecule has 148 valence electrons. The maximum absolute atomic E-state index is 12.7. The van der Waals surface area contributed by atoms with Gasteiger partial charge in [0.05, 0.1) is 30.7 Å². The molecule has 0 aromatic heterocycles. The van der Waals surface area contributed by atoms with E-state index in [0.29, 0.717) is 17.7 Å². The van der Waals surface area contributed by atoms with Crippen LogP contribution in [0.3, 0.4) is 0 Å². The Labute approximate surface area is 159 Å². The highest BCUT2D eigenvalue weighted by atomic mass is 19.4. The first-order valence-electron chi connectivity index (χ1n) is 8.63. The molecule has 3 rings (SSSR count). The number of hydrogen-bond donors (Lipinski definition) is 1. The van der Waals surface area contributed by atoms with Gasteiger partial charge in [-0.25, -0.2) is 4.79 Å². The fourth-order valence-electron chi connectivity index (χ4n) is 3.02. The summed E-state index contributed by atoms with van der Waals surface area (Å²) in [6.07, 6.45) is -4.78. The Balaban J connectivity index is 1.64. The zero-order valence-electron chi connectivity index (χ0n) is 14.8. The van der Waals surface area contributed by atoms with Gasteiger partial charge in [0.1, 0.15) is 6.10 Å². The third-order valence-corrected chi connectivity index (χ3v) is 4.59. The lowest BCUT2D eigenvalue weighted by Crippen LogP contribution is -2.43. The average Bonchev–Trinajstić information content (AvgIpc) is 2.68. The van der Waals surface area contributed by atoms with Gasteiger partial charge in [0, 0.05) is 6.54 Å². The summed E-state index contributed by atoms with van der Waals surface area (Å²) < 4.78 is 43.7. The molecule has 2 aromatic rings. The van der Waals surface area contributed by atoms with Crippen molar-refractivity contribution in [1.82, 2.24) is 4.90 Å². The van der Waals surface area contributed by atoms with E-state index >= 15 is 0 Å². The summed E-state index contributed by atoms with van der Waals surface area (Å²) in [5, 5.41) is 8.91. The van der Waals surface area contributed by atoms with Crippen molar-refractivity contribution < 1.29 is 32.6 Å². The predicted molar refractivity (Wildman–Crippen MR) is 93.8 cm³/mol. The Morgan fingerprint density at radius 2 is 1.71 bits per heavy atom. The minimum absolute atomic E-state index is 0.111. The third-order valence-electron chi connectivity index (χ3n) is 4.59. The molecule has 0 spiro atoms. The molecule has 1 fully saturated rings. The molecular weight excluding hydrogens is 375 g/mol. The van der Waals surface area contributed by atoms with Gasteiger partial charge in [-0.15, -0.1) is 0 Å². The number of morpholine rings is 1. The highest BCUT2D eigenvalue weighted by Gasteiger charge is 2.31. The van der Waals surface area contributed by atoms with E-state index < -0.39 is 23.8 Å². The summed E-state index contributed by atoms with van der Waals surface area (Å²) in [5.41, 5.74) is 0.679. The predicted octanol–water partition coefficient (Wildman–Crippen LogP) is 3.55. The normalized spacial score (nSPS) is 17.4. The van der Waals surface area contributed by atoms with Crippen molar-refractivity contribution in [3.05, 3.63) is 70.8 Å². The highest BCUT2D eigenvalue weighted by Crippen LogP contribution is 2.31. The van der Waals surface area contributed by atoms with Crippen molar-refractivity contribution in [3.63, 3.8) is 0 Å². The number of hydrogen-bond acceptors (Lipinski definition) is 3. The van der Waals surface area contributed by atoms with Crippen LogP contribution in [0.1, 0.15) is 33.2 Å². The SMILES string of the molecule is O=C(O)c1ccc(CC(=O)N2CCOC(c3ccc(C(F)(F)F)cc3)C2)cc1. The molecule has 28 heavy (non-hydrogen) atoms. The molecule has 1 saturated heterocycles. The monoisotopic (exact) mass is 393 g/mol.